The van der Waals surface area contributed by atoms with Crippen LogP contribution in [0.3, 0.4) is 0 Å². The van der Waals surface area contributed by atoms with Crippen LogP contribution in [0.25, 0.3) is 0 Å². The molecule has 0 saturated heterocycles. The summed E-state index contributed by atoms with van der Waals surface area (Å²) in [5.74, 6) is 0.457. The van der Waals surface area contributed by atoms with Gasteiger partial charge in [-0.15, -0.1) is 0 Å². The van der Waals surface area contributed by atoms with Crippen LogP contribution in [0.2, 0.25) is 0 Å². The van der Waals surface area contributed by atoms with E-state index in [1.807, 2.05) is 62.4 Å². The Morgan fingerprint density at radius 3 is 2.44 bits per heavy atom. The van der Waals surface area contributed by atoms with E-state index in [0.717, 1.165) is 24.1 Å². The van der Waals surface area contributed by atoms with E-state index in [1.165, 1.54) is 5.56 Å². The molecule has 0 spiro atoms. The number of nitrogens with one attached hydrogen (secondary N) is 2. The van der Waals surface area contributed by atoms with Gasteiger partial charge in [-0.2, -0.15) is 0 Å². The molecule has 0 fully saturated rings. The SMILES string of the molecule is CCc1ccc(OCC(=O)NCc2cccc(NC(=O)C(C)CC)c2)cc1. The first kappa shape index (κ1) is 20.5. The van der Waals surface area contributed by atoms with Crippen molar-refractivity contribution in [3.63, 3.8) is 0 Å². The molecule has 0 heterocycles. The monoisotopic (exact) mass is 368 g/mol. The van der Waals surface area contributed by atoms with Gasteiger partial charge in [0.15, 0.2) is 6.61 Å². The molecule has 2 rings (SSSR count). The summed E-state index contributed by atoms with van der Waals surface area (Å²) < 4.78 is 5.50. The van der Waals surface area contributed by atoms with Gasteiger partial charge in [-0.3, -0.25) is 9.59 Å². The van der Waals surface area contributed by atoms with Crippen molar-refractivity contribution in [2.24, 2.45) is 5.92 Å². The fourth-order valence-corrected chi connectivity index (χ4v) is 2.43. The van der Waals surface area contributed by atoms with Crippen LogP contribution >= 0.6 is 0 Å². The minimum Gasteiger partial charge on any atom is -0.484 e. The molecule has 2 N–H and O–H groups in total. The number of aryl methyl sites for hydroxylation is 1. The zero-order valence-corrected chi connectivity index (χ0v) is 16.2. The number of carbonyl (C=O) groups excluding carboxylic acids is 2. The maximum absolute atomic E-state index is 12.0. The number of amides is 2. The summed E-state index contributed by atoms with van der Waals surface area (Å²) >= 11 is 0. The lowest BCUT2D eigenvalue weighted by Crippen LogP contribution is -2.28. The van der Waals surface area contributed by atoms with E-state index in [1.54, 1.807) is 0 Å². The summed E-state index contributed by atoms with van der Waals surface area (Å²) in [6.07, 6.45) is 1.76. The lowest BCUT2D eigenvalue weighted by atomic mass is 10.1. The average molecular weight is 368 g/mol. The van der Waals surface area contributed by atoms with Crippen molar-refractivity contribution in [2.75, 3.05) is 11.9 Å². The molecular formula is C22H28N2O3. The Hall–Kier alpha value is -2.82. The summed E-state index contributed by atoms with van der Waals surface area (Å²) in [6, 6.07) is 15.2. The molecule has 1 atom stereocenters. The summed E-state index contributed by atoms with van der Waals surface area (Å²) in [4.78, 5) is 24.0. The summed E-state index contributed by atoms with van der Waals surface area (Å²) in [6.45, 7) is 6.32. The quantitative estimate of drug-likeness (QED) is 0.705. The van der Waals surface area contributed by atoms with E-state index in [-0.39, 0.29) is 24.3 Å². The number of benzene rings is 2. The first-order valence-electron chi connectivity index (χ1n) is 9.40. The Balaban J connectivity index is 1.80. The molecule has 1 unspecified atom stereocenters. The first-order valence-corrected chi connectivity index (χ1v) is 9.40. The van der Waals surface area contributed by atoms with E-state index in [0.29, 0.717) is 12.3 Å². The van der Waals surface area contributed by atoms with Gasteiger partial charge in [0, 0.05) is 18.2 Å². The van der Waals surface area contributed by atoms with Crippen LogP contribution in [0.15, 0.2) is 48.5 Å². The van der Waals surface area contributed by atoms with Crippen LogP contribution in [0.4, 0.5) is 5.69 Å². The molecule has 0 radical (unpaired) electrons. The molecule has 2 aromatic carbocycles. The van der Waals surface area contributed by atoms with E-state index in [2.05, 4.69) is 17.6 Å². The molecule has 5 heteroatoms. The van der Waals surface area contributed by atoms with Crippen molar-refractivity contribution < 1.29 is 14.3 Å². The van der Waals surface area contributed by atoms with E-state index < -0.39 is 0 Å². The van der Waals surface area contributed by atoms with E-state index >= 15 is 0 Å². The van der Waals surface area contributed by atoms with Gasteiger partial charge in [-0.1, -0.05) is 45.0 Å². The second-order valence-corrected chi connectivity index (χ2v) is 6.56. The van der Waals surface area contributed by atoms with Crippen molar-refractivity contribution in [3.05, 3.63) is 59.7 Å². The van der Waals surface area contributed by atoms with Crippen molar-refractivity contribution in [3.8, 4) is 5.75 Å². The molecule has 2 aromatic rings. The van der Waals surface area contributed by atoms with Crippen LogP contribution in [0.5, 0.6) is 5.75 Å². The zero-order valence-electron chi connectivity index (χ0n) is 16.2. The van der Waals surface area contributed by atoms with Crippen molar-refractivity contribution in [2.45, 2.75) is 40.2 Å². The maximum Gasteiger partial charge on any atom is 0.258 e. The van der Waals surface area contributed by atoms with Crippen molar-refractivity contribution in [1.82, 2.24) is 5.32 Å². The molecule has 2 amide bonds. The number of carbonyl (C=O) groups is 2. The van der Waals surface area contributed by atoms with Crippen molar-refractivity contribution in [1.29, 1.82) is 0 Å². The Labute approximate surface area is 161 Å². The zero-order chi connectivity index (χ0) is 19.6. The predicted octanol–water partition coefficient (Wildman–Crippen LogP) is 3.93. The Morgan fingerprint density at radius 2 is 1.78 bits per heavy atom. The predicted molar refractivity (Wildman–Crippen MR) is 108 cm³/mol. The fraction of sp³-hybridized carbons (Fsp3) is 0.364. The van der Waals surface area contributed by atoms with E-state index in [9.17, 15) is 9.59 Å². The molecule has 0 saturated carbocycles. The number of hydrogen-bond donors (Lipinski definition) is 2. The third kappa shape index (κ3) is 6.77. The lowest BCUT2D eigenvalue weighted by Gasteiger charge is -2.12. The third-order valence-corrected chi connectivity index (χ3v) is 4.45. The Kier molecular flexibility index (Phi) is 7.86. The molecule has 0 aliphatic heterocycles. The molecule has 27 heavy (non-hydrogen) atoms. The van der Waals surface area contributed by atoms with Gasteiger partial charge in [-0.05, 0) is 48.2 Å². The smallest absolute Gasteiger partial charge is 0.258 e. The first-order chi connectivity index (χ1) is 13.0. The second-order valence-electron chi connectivity index (χ2n) is 6.56. The molecule has 0 aliphatic carbocycles. The maximum atomic E-state index is 12.0. The minimum atomic E-state index is -0.191. The molecular weight excluding hydrogens is 340 g/mol. The lowest BCUT2D eigenvalue weighted by molar-refractivity contribution is -0.123. The fourth-order valence-electron chi connectivity index (χ4n) is 2.43. The number of rotatable bonds is 9. The summed E-state index contributed by atoms with van der Waals surface area (Å²) in [5, 5.41) is 5.73. The number of anilines is 1. The normalized spacial score (nSPS) is 11.5. The average Bonchev–Trinajstić information content (AvgIpc) is 2.70. The van der Waals surface area contributed by atoms with Gasteiger partial charge in [-0.25, -0.2) is 0 Å². The van der Waals surface area contributed by atoms with Crippen LogP contribution in [0, 0.1) is 5.92 Å². The Morgan fingerprint density at radius 1 is 1.04 bits per heavy atom. The number of ether oxygens (including phenoxy) is 1. The highest BCUT2D eigenvalue weighted by molar-refractivity contribution is 5.92. The Bertz CT molecular complexity index is 756. The van der Waals surface area contributed by atoms with Gasteiger partial charge >= 0.3 is 0 Å². The molecule has 5 nitrogen and oxygen atoms in total. The molecule has 144 valence electrons. The molecule has 0 aromatic heterocycles. The van der Waals surface area contributed by atoms with Gasteiger partial charge in [0.25, 0.3) is 5.91 Å². The largest absolute Gasteiger partial charge is 0.484 e. The highest BCUT2D eigenvalue weighted by Crippen LogP contribution is 2.14. The van der Waals surface area contributed by atoms with Gasteiger partial charge < -0.3 is 15.4 Å². The standard InChI is InChI=1S/C22H28N2O3/c1-4-16(3)22(26)24-19-8-6-7-18(13-19)14-23-21(25)15-27-20-11-9-17(5-2)10-12-20/h6-13,16H,4-5,14-15H2,1-3H3,(H,23,25)(H,24,26). The minimum absolute atomic E-state index is 0.00109. The van der Waals surface area contributed by atoms with Crippen LogP contribution in [-0.4, -0.2) is 18.4 Å². The van der Waals surface area contributed by atoms with Gasteiger partial charge in [0.05, 0.1) is 0 Å². The molecule has 0 bridgehead atoms. The van der Waals surface area contributed by atoms with Crippen LogP contribution in [-0.2, 0) is 22.6 Å². The second kappa shape index (κ2) is 10.4. The summed E-state index contributed by atoms with van der Waals surface area (Å²) in [5.41, 5.74) is 2.88. The number of hydrogen-bond acceptors (Lipinski definition) is 3. The van der Waals surface area contributed by atoms with Crippen molar-refractivity contribution >= 4 is 17.5 Å². The topological polar surface area (TPSA) is 67.4 Å². The van der Waals surface area contributed by atoms with Crippen LogP contribution < -0.4 is 15.4 Å². The molecule has 0 aliphatic rings. The van der Waals surface area contributed by atoms with Crippen LogP contribution in [0.1, 0.15) is 38.3 Å². The highest BCUT2D eigenvalue weighted by atomic mass is 16.5. The van der Waals surface area contributed by atoms with E-state index in [4.69, 9.17) is 4.74 Å². The van der Waals surface area contributed by atoms with Gasteiger partial charge in [0.1, 0.15) is 5.75 Å². The highest BCUT2D eigenvalue weighted by Gasteiger charge is 2.10. The summed E-state index contributed by atoms with van der Waals surface area (Å²) in [7, 11) is 0. The van der Waals surface area contributed by atoms with Gasteiger partial charge in [0.2, 0.25) is 5.91 Å². The third-order valence-electron chi connectivity index (χ3n) is 4.45.